The van der Waals surface area contributed by atoms with Crippen molar-refractivity contribution in [3.63, 3.8) is 0 Å². The second kappa shape index (κ2) is 8.78. The summed E-state index contributed by atoms with van der Waals surface area (Å²) in [5.74, 6) is -0.312. The molecule has 0 saturated carbocycles. The van der Waals surface area contributed by atoms with Crippen LogP contribution in [-0.2, 0) is 21.4 Å². The van der Waals surface area contributed by atoms with Gasteiger partial charge in [-0.15, -0.1) is 0 Å². The number of nitrogens with zero attached hydrogens (tertiary/aromatic N) is 2. The van der Waals surface area contributed by atoms with Crippen molar-refractivity contribution < 1.29 is 13.2 Å². The van der Waals surface area contributed by atoms with Gasteiger partial charge in [-0.1, -0.05) is 29.3 Å². The van der Waals surface area contributed by atoms with Crippen LogP contribution in [0.25, 0.3) is 0 Å². The molecule has 1 aromatic heterocycles. The summed E-state index contributed by atoms with van der Waals surface area (Å²) in [7, 11) is -3.75. The molecule has 1 aliphatic rings. The van der Waals surface area contributed by atoms with Crippen LogP contribution in [0.1, 0.15) is 24.1 Å². The third-order valence-electron chi connectivity index (χ3n) is 4.88. The molecule has 1 aliphatic heterocycles. The first-order valence-corrected chi connectivity index (χ1v) is 11.1. The van der Waals surface area contributed by atoms with Crippen molar-refractivity contribution in [3.8, 4) is 0 Å². The number of piperidine rings is 1. The van der Waals surface area contributed by atoms with Gasteiger partial charge < -0.3 is 5.32 Å². The number of hydrogen-bond donors (Lipinski definition) is 1. The Kier molecular flexibility index (Phi) is 6.60. The smallest absolute Gasteiger partial charge is 0.244 e. The minimum Gasteiger partial charge on any atom is -0.350 e. The molecule has 0 spiro atoms. The minimum absolute atomic E-state index is 0.00445. The molecule has 0 aliphatic carbocycles. The van der Waals surface area contributed by atoms with E-state index in [1.165, 1.54) is 16.4 Å². The van der Waals surface area contributed by atoms with Crippen LogP contribution in [0.3, 0.4) is 0 Å². The van der Waals surface area contributed by atoms with E-state index < -0.39 is 10.0 Å². The zero-order chi connectivity index (χ0) is 20.3. The summed E-state index contributed by atoms with van der Waals surface area (Å²) in [4.78, 5) is 16.7. The number of sulfonamides is 1. The average Bonchev–Trinajstić information content (AvgIpc) is 2.69. The molecule has 150 valence electrons. The van der Waals surface area contributed by atoms with Gasteiger partial charge >= 0.3 is 0 Å². The van der Waals surface area contributed by atoms with Crippen LogP contribution in [0.4, 0.5) is 0 Å². The molecular weight excluding hydrogens is 421 g/mol. The number of hydrogen-bond acceptors (Lipinski definition) is 4. The third kappa shape index (κ3) is 4.66. The van der Waals surface area contributed by atoms with Crippen LogP contribution in [-0.4, -0.2) is 36.7 Å². The molecule has 0 radical (unpaired) electrons. The molecule has 1 N–H and O–H groups in total. The lowest BCUT2D eigenvalue weighted by atomic mass is 9.97. The highest BCUT2D eigenvalue weighted by Crippen LogP contribution is 2.30. The summed E-state index contributed by atoms with van der Waals surface area (Å²) in [5.41, 5.74) is 1.84. The molecule has 28 heavy (non-hydrogen) atoms. The first-order valence-electron chi connectivity index (χ1n) is 8.92. The highest BCUT2D eigenvalue weighted by molar-refractivity contribution is 7.89. The van der Waals surface area contributed by atoms with Gasteiger partial charge in [0.15, 0.2) is 0 Å². The zero-order valence-corrected chi connectivity index (χ0v) is 17.7. The summed E-state index contributed by atoms with van der Waals surface area (Å²) in [6.07, 6.45) is 2.59. The van der Waals surface area contributed by atoms with E-state index in [9.17, 15) is 13.2 Å². The van der Waals surface area contributed by atoms with Gasteiger partial charge in [0.05, 0.1) is 17.3 Å². The van der Waals surface area contributed by atoms with Crippen LogP contribution >= 0.6 is 23.2 Å². The predicted octanol–water partition coefficient (Wildman–Crippen LogP) is 3.41. The summed E-state index contributed by atoms with van der Waals surface area (Å²) in [6.45, 7) is 2.82. The number of carbonyl (C=O) groups excluding carboxylic acids is 1. The van der Waals surface area contributed by atoms with E-state index >= 15 is 0 Å². The van der Waals surface area contributed by atoms with E-state index in [1.54, 1.807) is 12.3 Å². The number of nitrogens with one attached hydrogen (secondary N) is 1. The van der Waals surface area contributed by atoms with Crippen molar-refractivity contribution in [2.75, 3.05) is 13.1 Å². The Labute approximate surface area is 174 Å². The minimum atomic E-state index is -3.75. The topological polar surface area (TPSA) is 79.4 Å². The second-order valence-electron chi connectivity index (χ2n) is 6.74. The van der Waals surface area contributed by atoms with E-state index in [2.05, 4.69) is 10.3 Å². The van der Waals surface area contributed by atoms with Gasteiger partial charge in [-0.05, 0) is 49.6 Å². The highest BCUT2D eigenvalue weighted by atomic mass is 35.5. The Morgan fingerprint density at radius 1 is 1.25 bits per heavy atom. The number of carbonyl (C=O) groups is 1. The molecule has 9 heteroatoms. The standard InChI is InChI=1S/C19H21Cl2N3O3S/c1-13-3-2-8-22-17(13)12-23-19(25)14-6-9-24(10-7-14)28(26,27)18-11-15(20)4-5-16(18)21/h2-5,8,11,14H,6-7,9-10,12H2,1H3,(H,23,25). The van der Waals surface area contributed by atoms with Gasteiger partial charge in [0.25, 0.3) is 0 Å². The summed E-state index contributed by atoms with van der Waals surface area (Å²) < 4.78 is 27.1. The number of rotatable bonds is 5. The van der Waals surface area contributed by atoms with Crippen molar-refractivity contribution in [1.29, 1.82) is 0 Å². The lowest BCUT2D eigenvalue weighted by molar-refractivity contribution is -0.126. The van der Waals surface area contributed by atoms with E-state index in [1.807, 2.05) is 19.1 Å². The van der Waals surface area contributed by atoms with Gasteiger partial charge in [-0.3, -0.25) is 9.78 Å². The van der Waals surface area contributed by atoms with Crippen LogP contribution in [0.2, 0.25) is 10.0 Å². The van der Waals surface area contributed by atoms with Crippen molar-refractivity contribution in [1.82, 2.24) is 14.6 Å². The normalized spacial score (nSPS) is 16.1. The molecule has 2 aromatic rings. The van der Waals surface area contributed by atoms with Crippen LogP contribution in [0.5, 0.6) is 0 Å². The molecule has 1 amide bonds. The summed E-state index contributed by atoms with van der Waals surface area (Å²) >= 11 is 12.0. The Morgan fingerprint density at radius 2 is 1.96 bits per heavy atom. The molecular formula is C19H21Cl2N3O3S. The predicted molar refractivity (Wildman–Crippen MR) is 109 cm³/mol. The van der Waals surface area contributed by atoms with Gasteiger partial charge in [-0.25, -0.2) is 8.42 Å². The van der Waals surface area contributed by atoms with Gasteiger partial charge in [-0.2, -0.15) is 4.31 Å². The molecule has 1 aromatic carbocycles. The van der Waals surface area contributed by atoms with E-state index in [0.717, 1.165) is 11.3 Å². The Balaban J connectivity index is 1.60. The molecule has 0 bridgehead atoms. The number of pyridine rings is 1. The maximum Gasteiger partial charge on any atom is 0.244 e. The molecule has 0 atom stereocenters. The summed E-state index contributed by atoms with van der Waals surface area (Å²) in [5, 5.41) is 3.35. The van der Waals surface area contributed by atoms with Crippen LogP contribution in [0, 0.1) is 12.8 Å². The zero-order valence-electron chi connectivity index (χ0n) is 15.4. The second-order valence-corrected chi connectivity index (χ2v) is 9.49. The van der Waals surface area contributed by atoms with Crippen LogP contribution in [0.15, 0.2) is 41.4 Å². The van der Waals surface area contributed by atoms with E-state index in [0.29, 0.717) is 24.4 Å². The Morgan fingerprint density at radius 3 is 2.64 bits per heavy atom. The molecule has 3 rings (SSSR count). The largest absolute Gasteiger partial charge is 0.350 e. The number of amides is 1. The Hall–Kier alpha value is -1.67. The summed E-state index contributed by atoms with van der Waals surface area (Å²) in [6, 6.07) is 8.16. The number of aryl methyl sites for hydroxylation is 1. The lowest BCUT2D eigenvalue weighted by Gasteiger charge is -2.30. The van der Waals surface area contributed by atoms with E-state index in [4.69, 9.17) is 23.2 Å². The van der Waals surface area contributed by atoms with Crippen molar-refractivity contribution in [3.05, 3.63) is 57.8 Å². The number of aromatic nitrogens is 1. The first kappa shape index (κ1) is 21.0. The molecule has 1 saturated heterocycles. The van der Waals surface area contributed by atoms with Crippen molar-refractivity contribution >= 4 is 39.1 Å². The fraction of sp³-hybridized carbons (Fsp3) is 0.368. The lowest BCUT2D eigenvalue weighted by Crippen LogP contribution is -2.43. The third-order valence-corrected chi connectivity index (χ3v) is 7.50. The first-order chi connectivity index (χ1) is 13.3. The highest BCUT2D eigenvalue weighted by Gasteiger charge is 2.33. The van der Waals surface area contributed by atoms with Crippen molar-refractivity contribution in [2.24, 2.45) is 5.92 Å². The molecule has 2 heterocycles. The monoisotopic (exact) mass is 441 g/mol. The van der Waals surface area contributed by atoms with Gasteiger partial charge in [0, 0.05) is 30.2 Å². The molecule has 1 fully saturated rings. The van der Waals surface area contributed by atoms with Crippen LogP contribution < -0.4 is 5.32 Å². The van der Waals surface area contributed by atoms with Gasteiger partial charge in [0.1, 0.15) is 4.90 Å². The van der Waals surface area contributed by atoms with Crippen molar-refractivity contribution in [2.45, 2.75) is 31.2 Å². The number of halogens is 2. The molecule has 6 nitrogen and oxygen atoms in total. The molecule has 0 unspecified atom stereocenters. The average molecular weight is 442 g/mol. The van der Waals surface area contributed by atoms with E-state index in [-0.39, 0.29) is 34.8 Å². The fourth-order valence-electron chi connectivity index (χ4n) is 3.19. The maximum absolute atomic E-state index is 12.9. The SMILES string of the molecule is Cc1cccnc1CNC(=O)C1CCN(S(=O)(=O)c2cc(Cl)ccc2Cl)CC1. The quantitative estimate of drug-likeness (QED) is 0.770. The fourth-order valence-corrected chi connectivity index (χ4v) is 5.40. The number of benzene rings is 1. The Bertz CT molecular complexity index is 974. The maximum atomic E-state index is 12.9. The van der Waals surface area contributed by atoms with Gasteiger partial charge in [0.2, 0.25) is 15.9 Å².